The molecule has 2 bridgehead atoms. The number of nitrogens with zero attached hydrogens (tertiary/aromatic N) is 1. The van der Waals surface area contributed by atoms with Gasteiger partial charge in [-0.2, -0.15) is 0 Å². The SMILES string of the molecule is CCC(C)c1ccc(C(NC(=O)CN2C(=O)C3C4C=CC(C4)C3C2=O)C(C)C)cc1. The number of hydrogen-bond donors (Lipinski definition) is 1. The lowest BCUT2D eigenvalue weighted by Crippen LogP contribution is -2.43. The van der Waals surface area contributed by atoms with Crippen LogP contribution < -0.4 is 5.32 Å². The molecule has 3 amide bonds. The first-order valence-electron chi connectivity index (χ1n) is 11.2. The van der Waals surface area contributed by atoms with Crippen LogP contribution in [0, 0.1) is 29.6 Å². The van der Waals surface area contributed by atoms with E-state index in [0.717, 1.165) is 18.4 Å². The molecule has 6 unspecified atom stereocenters. The zero-order valence-corrected chi connectivity index (χ0v) is 18.3. The highest BCUT2D eigenvalue weighted by atomic mass is 16.2. The number of amides is 3. The van der Waals surface area contributed by atoms with Gasteiger partial charge in [0, 0.05) is 0 Å². The van der Waals surface area contributed by atoms with Crippen molar-refractivity contribution in [2.24, 2.45) is 29.6 Å². The summed E-state index contributed by atoms with van der Waals surface area (Å²) in [6.07, 6.45) is 6.12. The Bertz CT molecular complexity index is 843. The summed E-state index contributed by atoms with van der Waals surface area (Å²) in [4.78, 5) is 39.7. The van der Waals surface area contributed by atoms with E-state index in [4.69, 9.17) is 0 Å². The number of carbonyl (C=O) groups is 3. The minimum atomic E-state index is -0.276. The van der Waals surface area contributed by atoms with Crippen LogP contribution >= 0.6 is 0 Å². The number of imide groups is 1. The maximum atomic E-state index is 12.8. The average molecular weight is 409 g/mol. The van der Waals surface area contributed by atoms with Crippen LogP contribution in [-0.2, 0) is 14.4 Å². The van der Waals surface area contributed by atoms with Gasteiger partial charge in [0.2, 0.25) is 17.7 Å². The predicted octanol–water partition coefficient (Wildman–Crippen LogP) is 3.82. The Hall–Kier alpha value is -2.43. The van der Waals surface area contributed by atoms with Gasteiger partial charge in [0.25, 0.3) is 0 Å². The van der Waals surface area contributed by atoms with Crippen LogP contribution in [0.15, 0.2) is 36.4 Å². The molecule has 5 heteroatoms. The van der Waals surface area contributed by atoms with E-state index in [1.807, 2.05) is 0 Å². The van der Waals surface area contributed by atoms with Crippen molar-refractivity contribution < 1.29 is 14.4 Å². The van der Waals surface area contributed by atoms with Crippen molar-refractivity contribution >= 4 is 17.7 Å². The lowest BCUT2D eigenvalue weighted by atomic mass is 9.85. The molecule has 1 heterocycles. The second-order valence-corrected chi connectivity index (χ2v) is 9.53. The quantitative estimate of drug-likeness (QED) is 0.551. The van der Waals surface area contributed by atoms with Gasteiger partial charge < -0.3 is 5.32 Å². The molecule has 6 atom stereocenters. The van der Waals surface area contributed by atoms with Crippen molar-refractivity contribution in [3.05, 3.63) is 47.5 Å². The number of rotatable bonds is 7. The van der Waals surface area contributed by atoms with Gasteiger partial charge in [-0.25, -0.2) is 0 Å². The second-order valence-electron chi connectivity index (χ2n) is 9.53. The first kappa shape index (κ1) is 20.8. The minimum Gasteiger partial charge on any atom is -0.347 e. The van der Waals surface area contributed by atoms with Crippen LogP contribution in [-0.4, -0.2) is 29.2 Å². The van der Waals surface area contributed by atoms with Crippen LogP contribution in [0.1, 0.15) is 63.6 Å². The third kappa shape index (κ3) is 3.48. The minimum absolute atomic E-state index is 0.159. The molecule has 1 saturated carbocycles. The topological polar surface area (TPSA) is 66.5 Å². The van der Waals surface area contributed by atoms with Crippen molar-refractivity contribution in [3.8, 4) is 0 Å². The first-order chi connectivity index (χ1) is 14.3. The van der Waals surface area contributed by atoms with Crippen molar-refractivity contribution in [2.75, 3.05) is 6.54 Å². The maximum Gasteiger partial charge on any atom is 0.240 e. The van der Waals surface area contributed by atoms with Crippen molar-refractivity contribution in [1.29, 1.82) is 0 Å². The number of allylic oxidation sites excluding steroid dienone is 2. The molecule has 3 aliphatic rings. The zero-order valence-electron chi connectivity index (χ0n) is 18.3. The Morgan fingerprint density at radius 1 is 1.00 bits per heavy atom. The van der Waals surface area contributed by atoms with E-state index in [2.05, 4.69) is 69.4 Å². The number of likely N-dealkylation sites (tertiary alicyclic amines) is 1. The van der Waals surface area contributed by atoms with Crippen LogP contribution in [0.3, 0.4) is 0 Å². The van der Waals surface area contributed by atoms with E-state index in [9.17, 15) is 14.4 Å². The smallest absolute Gasteiger partial charge is 0.240 e. The summed E-state index contributed by atoms with van der Waals surface area (Å²) in [5.74, 6) is -0.110. The Labute approximate surface area is 178 Å². The molecule has 0 spiro atoms. The molecule has 1 aliphatic heterocycles. The second kappa shape index (κ2) is 8.01. The fourth-order valence-electron chi connectivity index (χ4n) is 5.39. The molecular weight excluding hydrogens is 376 g/mol. The van der Waals surface area contributed by atoms with Gasteiger partial charge in [-0.05, 0) is 47.6 Å². The third-order valence-electron chi connectivity index (χ3n) is 7.32. The predicted molar refractivity (Wildman–Crippen MR) is 115 cm³/mol. The molecule has 2 aliphatic carbocycles. The van der Waals surface area contributed by atoms with E-state index in [0.29, 0.717) is 5.92 Å². The van der Waals surface area contributed by atoms with E-state index in [1.165, 1.54) is 10.5 Å². The molecule has 1 saturated heterocycles. The first-order valence-corrected chi connectivity index (χ1v) is 11.2. The highest BCUT2D eigenvalue weighted by Crippen LogP contribution is 2.52. The van der Waals surface area contributed by atoms with Gasteiger partial charge in [-0.3, -0.25) is 19.3 Å². The standard InChI is InChI=1S/C25H32N2O3/c1-5-15(4)16-6-8-17(9-7-16)23(14(2)3)26-20(28)13-27-24(29)21-18-10-11-19(12-18)22(21)25(27)30/h6-11,14-15,18-19,21-23H,5,12-13H2,1-4H3,(H,26,28). The Morgan fingerprint density at radius 3 is 2.03 bits per heavy atom. The normalized spacial score (nSPS) is 28.9. The number of fused-ring (bicyclic) bond motifs is 5. The van der Waals surface area contributed by atoms with E-state index >= 15 is 0 Å². The molecule has 1 aromatic carbocycles. The van der Waals surface area contributed by atoms with Gasteiger partial charge in [0.15, 0.2) is 0 Å². The average Bonchev–Trinajstić information content (AvgIpc) is 3.41. The van der Waals surface area contributed by atoms with Crippen molar-refractivity contribution in [3.63, 3.8) is 0 Å². The highest BCUT2D eigenvalue weighted by molar-refractivity contribution is 6.08. The molecule has 1 N–H and O–H groups in total. The molecule has 160 valence electrons. The Kier molecular flexibility index (Phi) is 5.56. The Balaban J connectivity index is 1.43. The summed E-state index contributed by atoms with van der Waals surface area (Å²) in [5.41, 5.74) is 2.33. The van der Waals surface area contributed by atoms with Gasteiger partial charge in [0.05, 0.1) is 17.9 Å². The molecule has 5 nitrogen and oxygen atoms in total. The van der Waals surface area contributed by atoms with Crippen molar-refractivity contribution in [1.82, 2.24) is 10.2 Å². The lowest BCUT2D eigenvalue weighted by molar-refractivity contribution is -0.144. The summed E-state index contributed by atoms with van der Waals surface area (Å²) in [6.45, 7) is 8.32. The van der Waals surface area contributed by atoms with Gasteiger partial charge in [0.1, 0.15) is 6.54 Å². The molecule has 2 fully saturated rings. The maximum absolute atomic E-state index is 12.8. The monoisotopic (exact) mass is 408 g/mol. The van der Waals surface area contributed by atoms with Crippen LogP contribution in [0.4, 0.5) is 0 Å². The van der Waals surface area contributed by atoms with E-state index < -0.39 is 0 Å². The number of nitrogens with one attached hydrogen (secondary N) is 1. The summed E-state index contributed by atoms with van der Waals surface area (Å²) in [5, 5.41) is 3.07. The molecule has 0 aromatic heterocycles. The summed E-state index contributed by atoms with van der Waals surface area (Å²) < 4.78 is 0. The van der Waals surface area contributed by atoms with Crippen LogP contribution in [0.25, 0.3) is 0 Å². The molecule has 1 aromatic rings. The van der Waals surface area contributed by atoms with Crippen LogP contribution in [0.5, 0.6) is 0 Å². The molecular formula is C25H32N2O3. The third-order valence-corrected chi connectivity index (χ3v) is 7.32. The molecule has 30 heavy (non-hydrogen) atoms. The van der Waals surface area contributed by atoms with Crippen molar-refractivity contribution in [2.45, 2.75) is 52.5 Å². The van der Waals surface area contributed by atoms with E-state index in [1.54, 1.807) is 0 Å². The zero-order chi connectivity index (χ0) is 21.6. The lowest BCUT2D eigenvalue weighted by Gasteiger charge is -2.25. The van der Waals surface area contributed by atoms with Gasteiger partial charge in [-0.15, -0.1) is 0 Å². The summed E-state index contributed by atoms with van der Waals surface area (Å²) >= 11 is 0. The Morgan fingerprint density at radius 2 is 1.53 bits per heavy atom. The fraction of sp³-hybridized carbons (Fsp3) is 0.560. The summed E-state index contributed by atoms with van der Waals surface area (Å²) in [7, 11) is 0. The van der Waals surface area contributed by atoms with E-state index in [-0.39, 0.29) is 59.9 Å². The largest absolute Gasteiger partial charge is 0.347 e. The number of benzene rings is 1. The number of hydrogen-bond acceptors (Lipinski definition) is 3. The molecule has 4 rings (SSSR count). The number of carbonyl (C=O) groups excluding carboxylic acids is 3. The van der Waals surface area contributed by atoms with Gasteiger partial charge in [-0.1, -0.05) is 64.1 Å². The highest BCUT2D eigenvalue weighted by Gasteiger charge is 2.59. The fourth-order valence-corrected chi connectivity index (χ4v) is 5.39. The van der Waals surface area contributed by atoms with Gasteiger partial charge >= 0.3 is 0 Å². The molecule has 0 radical (unpaired) electrons. The summed E-state index contributed by atoms with van der Waals surface area (Å²) in [6, 6.07) is 8.25. The van der Waals surface area contributed by atoms with Crippen LogP contribution in [0.2, 0.25) is 0 Å².